The number of carboxylic acid groups (broad SMARTS) is 1. The minimum Gasteiger partial charge on any atom is -0.481 e. The number of benzene rings is 1. The fraction of sp³-hybridized carbons (Fsp3) is 0.353. The second kappa shape index (κ2) is 5.70. The van der Waals surface area contributed by atoms with Crippen molar-refractivity contribution in [2.45, 2.75) is 32.2 Å². The molecule has 1 aromatic heterocycles. The maximum absolute atomic E-state index is 13.2. The van der Waals surface area contributed by atoms with Gasteiger partial charge in [-0.1, -0.05) is 0 Å². The third kappa shape index (κ3) is 2.82. The van der Waals surface area contributed by atoms with Gasteiger partial charge in [0, 0.05) is 30.6 Å². The lowest BCUT2D eigenvalue weighted by molar-refractivity contribution is -0.142. The molecule has 0 unspecified atom stereocenters. The molecule has 6 heteroatoms. The Morgan fingerprint density at radius 2 is 1.96 bits per heavy atom. The average Bonchev–Trinajstić information content (AvgIpc) is 2.54. The highest BCUT2D eigenvalue weighted by Gasteiger charge is 2.34. The van der Waals surface area contributed by atoms with Crippen molar-refractivity contribution in [3.05, 3.63) is 47.2 Å². The number of nitrogens with zero attached hydrogens (tertiary/aromatic N) is 2. The molecule has 0 aliphatic carbocycles. The summed E-state index contributed by atoms with van der Waals surface area (Å²) in [5, 5.41) is 12.7. The van der Waals surface area contributed by atoms with Gasteiger partial charge in [0.05, 0.1) is 11.4 Å². The van der Waals surface area contributed by atoms with E-state index in [2.05, 4.69) is 15.3 Å². The van der Waals surface area contributed by atoms with Crippen LogP contribution < -0.4 is 5.32 Å². The molecule has 1 aromatic carbocycles. The summed E-state index contributed by atoms with van der Waals surface area (Å²) >= 11 is 0. The minimum atomic E-state index is -1.19. The van der Waals surface area contributed by atoms with Crippen LogP contribution in [0.1, 0.15) is 30.9 Å². The van der Waals surface area contributed by atoms with E-state index in [0.29, 0.717) is 12.2 Å². The highest BCUT2D eigenvalue weighted by molar-refractivity contribution is 5.79. The Bertz CT molecular complexity index is 757. The molecule has 5 nitrogen and oxygen atoms in total. The van der Waals surface area contributed by atoms with Gasteiger partial charge >= 0.3 is 5.97 Å². The van der Waals surface area contributed by atoms with Crippen LogP contribution in [-0.4, -0.2) is 27.6 Å². The first-order valence-corrected chi connectivity index (χ1v) is 7.50. The van der Waals surface area contributed by atoms with Gasteiger partial charge in [0.15, 0.2) is 0 Å². The summed E-state index contributed by atoms with van der Waals surface area (Å²) in [6.07, 6.45) is 0.717. The molecule has 2 heterocycles. The fourth-order valence-electron chi connectivity index (χ4n) is 2.56. The van der Waals surface area contributed by atoms with E-state index in [-0.39, 0.29) is 11.6 Å². The molecule has 0 bridgehead atoms. The van der Waals surface area contributed by atoms with Crippen molar-refractivity contribution in [3.8, 4) is 11.3 Å². The quantitative estimate of drug-likeness (QED) is 0.909. The number of aliphatic carboxylic acids is 1. The largest absolute Gasteiger partial charge is 0.481 e. The third-order valence-electron chi connectivity index (χ3n) is 4.14. The van der Waals surface area contributed by atoms with Gasteiger partial charge in [0.1, 0.15) is 17.1 Å². The number of carboxylic acids is 1. The molecule has 1 aliphatic rings. The number of carbonyl (C=O) groups is 1. The minimum absolute atomic E-state index is 0.282. The fourth-order valence-corrected chi connectivity index (χ4v) is 2.56. The zero-order valence-electron chi connectivity index (χ0n) is 13.1. The first-order chi connectivity index (χ1) is 10.9. The summed E-state index contributed by atoms with van der Waals surface area (Å²) in [4.78, 5) is 20.6. The van der Waals surface area contributed by atoms with Crippen LogP contribution in [0.25, 0.3) is 11.3 Å². The van der Waals surface area contributed by atoms with E-state index in [4.69, 9.17) is 0 Å². The first kappa shape index (κ1) is 15.6. The Morgan fingerprint density at radius 1 is 1.26 bits per heavy atom. The smallest absolute Gasteiger partial charge is 0.316 e. The number of halogens is 1. The molecule has 0 fully saturated rings. The molecule has 2 N–H and O–H groups in total. The summed E-state index contributed by atoms with van der Waals surface area (Å²) in [5.41, 5.74) is 2.06. The van der Waals surface area contributed by atoms with Gasteiger partial charge < -0.3 is 10.4 Å². The summed E-state index contributed by atoms with van der Waals surface area (Å²) < 4.78 is 13.2. The van der Waals surface area contributed by atoms with Crippen molar-refractivity contribution >= 4 is 5.97 Å². The van der Waals surface area contributed by atoms with Gasteiger partial charge in [-0.15, -0.1) is 0 Å². The molecule has 0 spiro atoms. The van der Waals surface area contributed by atoms with Crippen LogP contribution in [0.15, 0.2) is 24.3 Å². The predicted octanol–water partition coefficient (Wildman–Crippen LogP) is 2.29. The van der Waals surface area contributed by atoms with E-state index >= 15 is 0 Å². The normalized spacial score (nSPS) is 14.4. The lowest BCUT2D eigenvalue weighted by atomic mass is 9.91. The van der Waals surface area contributed by atoms with Crippen molar-refractivity contribution < 1.29 is 14.3 Å². The third-order valence-corrected chi connectivity index (χ3v) is 4.14. The molecule has 0 atom stereocenters. The van der Waals surface area contributed by atoms with Crippen LogP contribution >= 0.6 is 0 Å². The van der Waals surface area contributed by atoms with Gasteiger partial charge in [-0.3, -0.25) is 4.79 Å². The molecule has 0 radical (unpaired) electrons. The molecular weight excluding hydrogens is 297 g/mol. The van der Waals surface area contributed by atoms with Crippen LogP contribution in [0.5, 0.6) is 0 Å². The molecule has 0 amide bonds. The Balaban J connectivity index is 2.21. The molecule has 2 aromatic rings. The standard InChI is InChI=1S/C17H18FN3O2/c1-17(2,16(22)23)15-20-13-7-8-19-9-12(13)14(21-15)10-3-5-11(18)6-4-10/h3-6,19H,7-9H2,1-2H3,(H,22,23). The van der Waals surface area contributed by atoms with Gasteiger partial charge in [-0.05, 0) is 38.1 Å². The maximum Gasteiger partial charge on any atom is 0.316 e. The van der Waals surface area contributed by atoms with Gasteiger partial charge in [0.2, 0.25) is 0 Å². The molecule has 0 saturated carbocycles. The highest BCUT2D eigenvalue weighted by atomic mass is 19.1. The molecule has 23 heavy (non-hydrogen) atoms. The van der Waals surface area contributed by atoms with Crippen LogP contribution in [0.4, 0.5) is 4.39 Å². The number of hydrogen-bond donors (Lipinski definition) is 2. The van der Waals surface area contributed by atoms with E-state index in [0.717, 1.165) is 29.8 Å². The second-order valence-corrected chi connectivity index (χ2v) is 6.18. The number of aromatic nitrogens is 2. The lowest BCUT2D eigenvalue weighted by Crippen LogP contribution is -2.33. The van der Waals surface area contributed by atoms with Gasteiger partial charge in [-0.25, -0.2) is 14.4 Å². The Kier molecular flexibility index (Phi) is 3.85. The van der Waals surface area contributed by atoms with E-state index < -0.39 is 11.4 Å². The van der Waals surface area contributed by atoms with Gasteiger partial charge in [0.25, 0.3) is 0 Å². The van der Waals surface area contributed by atoms with Crippen molar-refractivity contribution in [1.29, 1.82) is 0 Å². The number of hydrogen-bond acceptors (Lipinski definition) is 4. The average molecular weight is 315 g/mol. The van der Waals surface area contributed by atoms with Crippen LogP contribution in [0.2, 0.25) is 0 Å². The summed E-state index contributed by atoms with van der Waals surface area (Å²) in [5.74, 6) is -1.01. The molecular formula is C17H18FN3O2. The maximum atomic E-state index is 13.2. The van der Waals surface area contributed by atoms with E-state index in [1.165, 1.54) is 12.1 Å². The Morgan fingerprint density at radius 3 is 2.61 bits per heavy atom. The van der Waals surface area contributed by atoms with Crippen LogP contribution in [0, 0.1) is 5.82 Å². The van der Waals surface area contributed by atoms with Crippen LogP contribution in [-0.2, 0) is 23.2 Å². The van der Waals surface area contributed by atoms with Crippen molar-refractivity contribution in [3.63, 3.8) is 0 Å². The zero-order valence-corrected chi connectivity index (χ0v) is 13.1. The summed E-state index contributed by atoms with van der Waals surface area (Å²) in [6.45, 7) is 4.59. The Labute approximate surface area is 133 Å². The zero-order chi connectivity index (χ0) is 16.6. The summed E-state index contributed by atoms with van der Waals surface area (Å²) in [6, 6.07) is 6.07. The first-order valence-electron chi connectivity index (χ1n) is 7.50. The monoisotopic (exact) mass is 315 g/mol. The van der Waals surface area contributed by atoms with E-state index in [1.807, 2.05) is 0 Å². The number of fused-ring (bicyclic) bond motifs is 1. The highest BCUT2D eigenvalue weighted by Crippen LogP contribution is 2.29. The van der Waals surface area contributed by atoms with Gasteiger partial charge in [-0.2, -0.15) is 0 Å². The second-order valence-electron chi connectivity index (χ2n) is 6.18. The molecule has 0 saturated heterocycles. The Hall–Kier alpha value is -2.34. The van der Waals surface area contributed by atoms with E-state index in [9.17, 15) is 14.3 Å². The van der Waals surface area contributed by atoms with Crippen molar-refractivity contribution in [1.82, 2.24) is 15.3 Å². The lowest BCUT2D eigenvalue weighted by Gasteiger charge is -2.24. The SMILES string of the molecule is CC(C)(C(=O)O)c1nc2c(c(-c3ccc(F)cc3)n1)CNCC2. The molecule has 120 valence electrons. The van der Waals surface area contributed by atoms with Crippen molar-refractivity contribution in [2.75, 3.05) is 6.54 Å². The van der Waals surface area contributed by atoms with Crippen molar-refractivity contribution in [2.24, 2.45) is 0 Å². The molecule has 1 aliphatic heterocycles. The number of nitrogens with one attached hydrogen (secondary N) is 1. The van der Waals surface area contributed by atoms with Crippen LogP contribution in [0.3, 0.4) is 0 Å². The topological polar surface area (TPSA) is 75.1 Å². The summed E-state index contributed by atoms with van der Waals surface area (Å²) in [7, 11) is 0. The number of rotatable bonds is 3. The molecule has 3 rings (SSSR count). The predicted molar refractivity (Wildman–Crippen MR) is 83.5 cm³/mol. The van der Waals surface area contributed by atoms with E-state index in [1.54, 1.807) is 26.0 Å².